The molecule has 0 amide bonds. The van der Waals surface area contributed by atoms with Crippen LogP contribution in [0.25, 0.3) is 0 Å². The molecule has 0 radical (unpaired) electrons. The number of aliphatic imine (C=N–C) groups is 1. The third-order valence-corrected chi connectivity index (χ3v) is 6.23. The van der Waals surface area contributed by atoms with E-state index in [0.29, 0.717) is 18.2 Å². The molecule has 1 atom stereocenters. The first-order valence-electron chi connectivity index (χ1n) is 11.1. The zero-order valence-corrected chi connectivity index (χ0v) is 18.9. The van der Waals surface area contributed by atoms with Gasteiger partial charge in [-0.2, -0.15) is 0 Å². The maximum atomic E-state index is 12.1. The van der Waals surface area contributed by atoms with Crippen LogP contribution < -0.4 is 4.74 Å². The fourth-order valence-corrected chi connectivity index (χ4v) is 4.60. The van der Waals surface area contributed by atoms with Gasteiger partial charge in [-0.25, -0.2) is 4.79 Å². The number of carbonyl (C=O) groups is 1. The second-order valence-electron chi connectivity index (χ2n) is 8.18. The highest BCUT2D eigenvalue weighted by atomic mass is 16.5. The molecule has 3 aromatic carbocycles. The van der Waals surface area contributed by atoms with E-state index in [1.807, 2.05) is 24.3 Å². The van der Waals surface area contributed by atoms with Crippen LogP contribution in [-0.4, -0.2) is 25.8 Å². The second-order valence-corrected chi connectivity index (χ2v) is 8.18. The van der Waals surface area contributed by atoms with Crippen LogP contribution >= 0.6 is 0 Å². The number of fused-ring (bicyclic) bond motifs is 1. The summed E-state index contributed by atoms with van der Waals surface area (Å²) in [6.07, 6.45) is 3.56. The van der Waals surface area contributed by atoms with Crippen LogP contribution in [0.5, 0.6) is 5.75 Å². The molecular formula is C28H29NO3. The van der Waals surface area contributed by atoms with Crippen LogP contribution in [0.1, 0.15) is 52.1 Å². The number of methoxy groups -OCH3 is 1. The first-order chi connectivity index (χ1) is 15.6. The third-order valence-electron chi connectivity index (χ3n) is 6.23. The molecule has 0 spiro atoms. The minimum absolute atomic E-state index is 0.301. The number of aryl methyl sites for hydroxylation is 2. The Labute approximate surface area is 189 Å². The summed E-state index contributed by atoms with van der Waals surface area (Å²) in [6, 6.07) is 22.9. The summed E-state index contributed by atoms with van der Waals surface area (Å²) in [7, 11) is 2.96. The van der Waals surface area contributed by atoms with Crippen molar-refractivity contribution in [3.8, 4) is 5.75 Å². The van der Waals surface area contributed by atoms with Crippen molar-refractivity contribution in [1.82, 2.24) is 0 Å². The summed E-state index contributed by atoms with van der Waals surface area (Å²) < 4.78 is 11.1. The fraction of sp³-hybridized carbons (Fsp3) is 0.286. The molecule has 32 heavy (non-hydrogen) atoms. The predicted molar refractivity (Wildman–Crippen MR) is 128 cm³/mol. The predicted octanol–water partition coefficient (Wildman–Crippen LogP) is 5.63. The lowest BCUT2D eigenvalue weighted by atomic mass is 9.79. The third kappa shape index (κ3) is 4.45. The first-order valence-corrected chi connectivity index (χ1v) is 11.1. The molecule has 1 unspecified atom stereocenters. The van der Waals surface area contributed by atoms with E-state index in [9.17, 15) is 4.79 Å². The number of carbonyl (C=O) groups excluding carboxylic acids is 1. The van der Waals surface area contributed by atoms with Crippen LogP contribution in [0.3, 0.4) is 0 Å². The number of nitrogens with zero attached hydrogens (tertiary/aromatic N) is 1. The van der Waals surface area contributed by atoms with Gasteiger partial charge < -0.3 is 9.47 Å². The standard InChI is InChI=1S/C28H29NO3/c1-19-17-21(24-14-8-11-20-9-4-6-12-23(20)24)15-16-26(19)32-18-22-10-5-7-13-25(22)27(29-2)28(30)31-3/h4-7,9-10,12-13,15-17,24H,8,11,14,18H2,1-3H3. The summed E-state index contributed by atoms with van der Waals surface area (Å²) in [6.45, 7) is 2.44. The van der Waals surface area contributed by atoms with Crippen LogP contribution in [0, 0.1) is 6.92 Å². The van der Waals surface area contributed by atoms with Crippen molar-refractivity contribution in [2.45, 2.75) is 38.7 Å². The molecule has 0 N–H and O–H groups in total. The molecule has 4 nitrogen and oxygen atoms in total. The SMILES string of the molecule is CN=C(C(=O)OC)c1ccccc1COc1ccc(C2CCCc3ccccc32)cc1C. The van der Waals surface area contributed by atoms with E-state index >= 15 is 0 Å². The highest BCUT2D eigenvalue weighted by Gasteiger charge is 2.22. The highest BCUT2D eigenvalue weighted by Crippen LogP contribution is 2.38. The van der Waals surface area contributed by atoms with Crippen LogP contribution in [0.15, 0.2) is 71.7 Å². The topological polar surface area (TPSA) is 47.9 Å². The highest BCUT2D eigenvalue weighted by molar-refractivity contribution is 6.43. The second kappa shape index (κ2) is 9.82. The van der Waals surface area contributed by atoms with Crippen molar-refractivity contribution in [2.24, 2.45) is 4.99 Å². The molecule has 0 saturated carbocycles. The molecule has 4 rings (SSSR count). The van der Waals surface area contributed by atoms with Gasteiger partial charge in [-0.15, -0.1) is 0 Å². The molecule has 0 fully saturated rings. The molecule has 0 aromatic heterocycles. The van der Waals surface area contributed by atoms with Gasteiger partial charge in [-0.05, 0) is 60.1 Å². The summed E-state index contributed by atoms with van der Waals surface area (Å²) in [5.41, 5.74) is 7.30. The van der Waals surface area contributed by atoms with Gasteiger partial charge in [0, 0.05) is 18.5 Å². The zero-order chi connectivity index (χ0) is 22.5. The Bertz CT molecular complexity index is 1150. The molecule has 1 aliphatic carbocycles. The largest absolute Gasteiger partial charge is 0.489 e. The van der Waals surface area contributed by atoms with Gasteiger partial charge >= 0.3 is 5.97 Å². The number of hydrogen-bond acceptors (Lipinski definition) is 4. The molecule has 0 aliphatic heterocycles. The van der Waals surface area contributed by atoms with E-state index in [1.165, 1.54) is 43.1 Å². The average molecular weight is 428 g/mol. The molecule has 0 bridgehead atoms. The van der Waals surface area contributed by atoms with Gasteiger partial charge in [0.25, 0.3) is 0 Å². The number of benzene rings is 3. The molecule has 0 saturated heterocycles. The summed E-state index contributed by atoms with van der Waals surface area (Å²) in [5.74, 6) is 0.839. The van der Waals surface area contributed by atoms with E-state index in [0.717, 1.165) is 22.4 Å². The molecule has 3 aromatic rings. The van der Waals surface area contributed by atoms with Crippen molar-refractivity contribution >= 4 is 11.7 Å². The van der Waals surface area contributed by atoms with Gasteiger partial charge in [0.2, 0.25) is 0 Å². The number of ether oxygens (including phenoxy) is 2. The normalized spacial score (nSPS) is 15.7. The minimum Gasteiger partial charge on any atom is -0.489 e. The van der Waals surface area contributed by atoms with Gasteiger partial charge in [-0.1, -0.05) is 60.7 Å². The zero-order valence-electron chi connectivity index (χ0n) is 18.9. The van der Waals surface area contributed by atoms with Gasteiger partial charge in [0.05, 0.1) is 7.11 Å². The smallest absolute Gasteiger partial charge is 0.356 e. The maximum absolute atomic E-state index is 12.1. The Kier molecular flexibility index (Phi) is 6.69. The van der Waals surface area contributed by atoms with Crippen molar-refractivity contribution < 1.29 is 14.3 Å². The Morgan fingerprint density at radius 3 is 2.62 bits per heavy atom. The fourth-order valence-electron chi connectivity index (χ4n) is 4.60. The minimum atomic E-state index is -0.451. The lowest BCUT2D eigenvalue weighted by Gasteiger charge is -2.26. The van der Waals surface area contributed by atoms with Gasteiger partial charge in [0.1, 0.15) is 12.4 Å². The average Bonchev–Trinajstić information content (AvgIpc) is 2.84. The van der Waals surface area contributed by atoms with Crippen LogP contribution in [-0.2, 0) is 22.6 Å². The summed E-state index contributed by atoms with van der Waals surface area (Å²) >= 11 is 0. The van der Waals surface area contributed by atoms with E-state index in [-0.39, 0.29) is 0 Å². The Morgan fingerprint density at radius 2 is 1.84 bits per heavy atom. The summed E-state index contributed by atoms with van der Waals surface area (Å²) in [4.78, 5) is 16.2. The Balaban J connectivity index is 1.54. The van der Waals surface area contributed by atoms with Crippen molar-refractivity contribution in [3.05, 3.63) is 100 Å². The van der Waals surface area contributed by atoms with Crippen LogP contribution in [0.2, 0.25) is 0 Å². The Morgan fingerprint density at radius 1 is 1.06 bits per heavy atom. The van der Waals surface area contributed by atoms with E-state index in [4.69, 9.17) is 9.47 Å². The van der Waals surface area contributed by atoms with E-state index < -0.39 is 5.97 Å². The lowest BCUT2D eigenvalue weighted by molar-refractivity contribution is -0.132. The van der Waals surface area contributed by atoms with Gasteiger partial charge in [-0.3, -0.25) is 4.99 Å². The number of hydrogen-bond donors (Lipinski definition) is 0. The number of rotatable bonds is 6. The van der Waals surface area contributed by atoms with E-state index in [2.05, 4.69) is 54.4 Å². The van der Waals surface area contributed by atoms with Crippen molar-refractivity contribution in [3.63, 3.8) is 0 Å². The quantitative estimate of drug-likeness (QED) is 0.378. The summed E-state index contributed by atoms with van der Waals surface area (Å²) in [5, 5.41) is 0. The number of esters is 1. The van der Waals surface area contributed by atoms with Gasteiger partial charge in [0.15, 0.2) is 5.71 Å². The first kappa shape index (κ1) is 21.8. The lowest BCUT2D eigenvalue weighted by Crippen LogP contribution is -2.19. The van der Waals surface area contributed by atoms with E-state index in [1.54, 1.807) is 7.05 Å². The van der Waals surface area contributed by atoms with Crippen molar-refractivity contribution in [2.75, 3.05) is 14.2 Å². The molecule has 164 valence electrons. The van der Waals surface area contributed by atoms with Crippen molar-refractivity contribution in [1.29, 1.82) is 0 Å². The Hall–Kier alpha value is -3.40. The molecule has 0 heterocycles. The monoisotopic (exact) mass is 427 g/mol. The maximum Gasteiger partial charge on any atom is 0.356 e. The van der Waals surface area contributed by atoms with Crippen LogP contribution in [0.4, 0.5) is 0 Å². The molecule has 4 heteroatoms. The molecule has 1 aliphatic rings. The molecular weight excluding hydrogens is 398 g/mol.